The van der Waals surface area contributed by atoms with Crippen molar-refractivity contribution in [1.29, 1.82) is 0 Å². The molecule has 0 spiro atoms. The number of aliphatic hydroxyl groups is 1. The molecule has 0 aromatic carbocycles. The van der Waals surface area contributed by atoms with Crippen molar-refractivity contribution in [3.8, 4) is 0 Å². The number of ether oxygens (including phenoxy) is 1. The Hall–Kier alpha value is -1.40. The highest BCUT2D eigenvalue weighted by Crippen LogP contribution is 2.48. The molecule has 0 aromatic rings. The number of carbonyl (C=O) groups is 2. The Kier molecular flexibility index (Phi) is 3.75. The molecule has 2 aliphatic carbocycles. The molecule has 3 N–H and O–H groups in total. The van der Waals surface area contributed by atoms with Crippen molar-refractivity contribution in [2.45, 2.75) is 24.8 Å². The zero-order valence-corrected chi connectivity index (χ0v) is 11.8. The van der Waals surface area contributed by atoms with Gasteiger partial charge in [-0.15, -0.1) is 0 Å². The van der Waals surface area contributed by atoms with Gasteiger partial charge in [0.1, 0.15) is 0 Å². The molecule has 116 valence electrons. The van der Waals surface area contributed by atoms with Crippen LogP contribution in [0.1, 0.15) is 19.3 Å². The maximum atomic E-state index is 12.6. The van der Waals surface area contributed by atoms with Gasteiger partial charge in [-0.1, -0.05) is 12.2 Å². The van der Waals surface area contributed by atoms with Gasteiger partial charge in [0.2, 0.25) is 5.91 Å². The number of allylic oxidation sites excluding steroid dienone is 2. The lowest BCUT2D eigenvalue weighted by Crippen LogP contribution is -2.57. The van der Waals surface area contributed by atoms with E-state index in [0.717, 1.165) is 6.42 Å². The Bertz CT molecular complexity index is 469. The second kappa shape index (κ2) is 5.42. The van der Waals surface area contributed by atoms with Crippen molar-refractivity contribution >= 4 is 11.9 Å². The van der Waals surface area contributed by atoms with Crippen LogP contribution in [0, 0.1) is 23.7 Å². The van der Waals surface area contributed by atoms with Gasteiger partial charge >= 0.3 is 5.97 Å². The van der Waals surface area contributed by atoms with Crippen molar-refractivity contribution in [2.24, 2.45) is 23.7 Å². The van der Waals surface area contributed by atoms with Crippen LogP contribution in [-0.4, -0.2) is 47.4 Å². The zero-order valence-electron chi connectivity index (χ0n) is 11.8. The van der Waals surface area contributed by atoms with Crippen molar-refractivity contribution in [2.75, 3.05) is 19.8 Å². The fraction of sp³-hybridized carbons (Fsp3) is 0.733. The van der Waals surface area contributed by atoms with Crippen LogP contribution in [0.3, 0.4) is 0 Å². The minimum atomic E-state index is -0.906. The monoisotopic (exact) mass is 295 g/mol. The number of carboxylic acids is 1. The van der Waals surface area contributed by atoms with Crippen LogP contribution in [-0.2, 0) is 14.3 Å². The summed E-state index contributed by atoms with van der Waals surface area (Å²) in [5.41, 5.74) is -0.663. The molecule has 2 bridgehead atoms. The smallest absolute Gasteiger partial charge is 0.307 e. The van der Waals surface area contributed by atoms with Gasteiger partial charge in [0.25, 0.3) is 0 Å². The van der Waals surface area contributed by atoms with E-state index in [-0.39, 0.29) is 24.3 Å². The summed E-state index contributed by atoms with van der Waals surface area (Å²) in [6.07, 6.45) is 5.74. The molecule has 1 amide bonds. The number of rotatable bonds is 4. The lowest BCUT2D eigenvalue weighted by Gasteiger charge is -2.38. The standard InChI is InChI=1S/C15H21NO5/c17-8-15(3-5-21-6-4-15)16-13(18)11-9-1-2-10(7-9)12(11)14(19)20/h1-2,9-12,17H,3-8H2,(H,16,18)(H,19,20)/t9?,10?,11-,12+/m0/s1. The van der Waals surface area contributed by atoms with Crippen LogP contribution in [0.2, 0.25) is 0 Å². The van der Waals surface area contributed by atoms with E-state index in [0.29, 0.717) is 26.1 Å². The second-order valence-corrected chi connectivity index (χ2v) is 6.38. The lowest BCUT2D eigenvalue weighted by atomic mass is 9.81. The molecule has 0 radical (unpaired) electrons. The van der Waals surface area contributed by atoms with Crippen LogP contribution in [0.15, 0.2) is 12.2 Å². The van der Waals surface area contributed by atoms with Gasteiger partial charge < -0.3 is 20.3 Å². The van der Waals surface area contributed by atoms with E-state index < -0.39 is 23.3 Å². The highest BCUT2D eigenvalue weighted by Gasteiger charge is 2.52. The number of nitrogens with one attached hydrogen (secondary N) is 1. The van der Waals surface area contributed by atoms with Crippen molar-refractivity contribution in [3.63, 3.8) is 0 Å². The zero-order chi connectivity index (χ0) is 15.0. The third-order valence-corrected chi connectivity index (χ3v) is 5.19. The number of aliphatic carboxylic acids is 1. The Labute approximate surface area is 123 Å². The number of aliphatic hydroxyl groups excluding tert-OH is 1. The Morgan fingerprint density at radius 2 is 1.81 bits per heavy atom. The number of carbonyl (C=O) groups excluding carboxylic acids is 1. The van der Waals surface area contributed by atoms with Crippen LogP contribution in [0.25, 0.3) is 0 Å². The SMILES string of the molecule is O=C(O)[C@@H]1C2C=CC(C2)[C@@H]1C(=O)NC1(CO)CCOCC1. The molecule has 6 heteroatoms. The first-order chi connectivity index (χ1) is 10.1. The Morgan fingerprint density at radius 1 is 1.19 bits per heavy atom. The van der Waals surface area contributed by atoms with E-state index in [1.54, 1.807) is 0 Å². The van der Waals surface area contributed by atoms with Gasteiger partial charge in [-0.2, -0.15) is 0 Å². The predicted molar refractivity (Wildman–Crippen MR) is 73.4 cm³/mol. The first-order valence-corrected chi connectivity index (χ1v) is 7.48. The van der Waals surface area contributed by atoms with Gasteiger partial charge in [0.05, 0.1) is 24.0 Å². The third kappa shape index (κ3) is 2.46. The van der Waals surface area contributed by atoms with E-state index in [4.69, 9.17) is 4.74 Å². The van der Waals surface area contributed by atoms with Gasteiger partial charge in [-0.25, -0.2) is 0 Å². The Morgan fingerprint density at radius 3 is 2.38 bits per heavy atom. The number of fused-ring (bicyclic) bond motifs is 2. The minimum absolute atomic E-state index is 0.00619. The summed E-state index contributed by atoms with van der Waals surface area (Å²) in [6, 6.07) is 0. The highest BCUT2D eigenvalue weighted by molar-refractivity contribution is 5.87. The summed E-state index contributed by atoms with van der Waals surface area (Å²) in [7, 11) is 0. The van der Waals surface area contributed by atoms with Crippen molar-refractivity contribution in [3.05, 3.63) is 12.2 Å². The van der Waals surface area contributed by atoms with E-state index in [9.17, 15) is 19.8 Å². The number of amides is 1. The van der Waals surface area contributed by atoms with Crippen LogP contribution < -0.4 is 5.32 Å². The first kappa shape index (κ1) is 14.5. The normalized spacial score (nSPS) is 36.6. The molecule has 3 rings (SSSR count). The van der Waals surface area contributed by atoms with Gasteiger partial charge in [-0.3, -0.25) is 9.59 Å². The average Bonchev–Trinajstić information content (AvgIpc) is 3.08. The van der Waals surface area contributed by atoms with E-state index >= 15 is 0 Å². The van der Waals surface area contributed by atoms with Crippen molar-refractivity contribution < 1.29 is 24.5 Å². The first-order valence-electron chi connectivity index (χ1n) is 7.48. The van der Waals surface area contributed by atoms with Crippen LogP contribution in [0.5, 0.6) is 0 Å². The van der Waals surface area contributed by atoms with Gasteiger partial charge in [0.15, 0.2) is 0 Å². The fourth-order valence-electron chi connectivity index (χ4n) is 3.95. The maximum absolute atomic E-state index is 12.6. The minimum Gasteiger partial charge on any atom is -0.481 e. The molecule has 3 aliphatic rings. The molecule has 1 saturated heterocycles. The summed E-state index contributed by atoms with van der Waals surface area (Å²) < 4.78 is 5.27. The quantitative estimate of drug-likeness (QED) is 0.642. The van der Waals surface area contributed by atoms with Crippen LogP contribution in [0.4, 0.5) is 0 Å². The molecule has 1 aliphatic heterocycles. The summed E-state index contributed by atoms with van der Waals surface area (Å²) in [6.45, 7) is 0.857. The number of hydrogen-bond acceptors (Lipinski definition) is 4. The molecule has 0 aromatic heterocycles. The average molecular weight is 295 g/mol. The second-order valence-electron chi connectivity index (χ2n) is 6.38. The largest absolute Gasteiger partial charge is 0.481 e. The predicted octanol–water partition coefficient (Wildman–Crippen LogP) is 0.167. The molecular weight excluding hydrogens is 274 g/mol. The number of hydrogen-bond donors (Lipinski definition) is 3. The summed E-state index contributed by atoms with van der Waals surface area (Å²) in [4.78, 5) is 24.1. The van der Waals surface area contributed by atoms with E-state index in [1.165, 1.54) is 0 Å². The van der Waals surface area contributed by atoms with Gasteiger partial charge in [-0.05, 0) is 31.1 Å². The molecule has 21 heavy (non-hydrogen) atoms. The molecule has 1 heterocycles. The highest BCUT2D eigenvalue weighted by atomic mass is 16.5. The molecule has 4 atom stereocenters. The van der Waals surface area contributed by atoms with Crippen molar-refractivity contribution in [1.82, 2.24) is 5.32 Å². The topological polar surface area (TPSA) is 95.9 Å². The third-order valence-electron chi connectivity index (χ3n) is 5.19. The summed E-state index contributed by atoms with van der Waals surface area (Å²) >= 11 is 0. The molecular formula is C15H21NO5. The Balaban J connectivity index is 1.75. The van der Waals surface area contributed by atoms with E-state index in [2.05, 4.69) is 5.32 Å². The molecule has 2 unspecified atom stereocenters. The molecule has 2 fully saturated rings. The molecule has 6 nitrogen and oxygen atoms in total. The summed E-state index contributed by atoms with van der Waals surface area (Å²) in [5.74, 6) is -2.35. The van der Waals surface area contributed by atoms with Crippen LogP contribution >= 0.6 is 0 Å². The lowest BCUT2D eigenvalue weighted by molar-refractivity contribution is -0.148. The van der Waals surface area contributed by atoms with Gasteiger partial charge in [0, 0.05) is 13.2 Å². The summed E-state index contributed by atoms with van der Waals surface area (Å²) in [5, 5.41) is 22.0. The fourth-order valence-corrected chi connectivity index (χ4v) is 3.95. The molecule has 1 saturated carbocycles. The maximum Gasteiger partial charge on any atom is 0.307 e. The number of carboxylic acid groups (broad SMARTS) is 1. The van der Waals surface area contributed by atoms with E-state index in [1.807, 2.05) is 12.2 Å².